The number of nitrogens with one attached hydrogen (secondary N) is 2. The minimum Gasteiger partial charge on any atom is -0.479 e. The van der Waals surface area contributed by atoms with Crippen LogP contribution in [0, 0.1) is 5.92 Å². The van der Waals surface area contributed by atoms with E-state index < -0.39 is 6.10 Å². The number of piperidine rings is 1. The van der Waals surface area contributed by atoms with Crippen molar-refractivity contribution in [1.29, 1.82) is 0 Å². The topological polar surface area (TPSA) is 53.6 Å². The maximum Gasteiger partial charge on any atom is 0.263 e. The predicted octanol–water partition coefficient (Wildman–Crippen LogP) is 3.17. The molecule has 2 saturated heterocycles. The van der Waals surface area contributed by atoms with Gasteiger partial charge in [0.1, 0.15) is 5.75 Å². The molecule has 2 aromatic rings. The van der Waals surface area contributed by atoms with E-state index in [9.17, 15) is 4.79 Å². The number of nitrogens with zero attached hydrogens (tertiary/aromatic N) is 1. The molecule has 6 heteroatoms. The molecule has 4 rings (SSSR count). The standard InChI is InChI=1S/C21H24ClN3O2/c1-14(27-19-10-6-5-9-17(19)22)21(26)25-12-11-18-16(13-25)20(24-23-18)15-7-3-2-4-8-15/h2-10,14,16,18,20,23-24H,11-13H2,1H3. The van der Waals surface area contributed by atoms with E-state index >= 15 is 0 Å². The van der Waals surface area contributed by atoms with Crippen LogP contribution in [0.4, 0.5) is 0 Å². The first kappa shape index (κ1) is 18.3. The van der Waals surface area contributed by atoms with Gasteiger partial charge in [-0.2, -0.15) is 0 Å². The molecule has 27 heavy (non-hydrogen) atoms. The van der Waals surface area contributed by atoms with Crippen LogP contribution in [-0.2, 0) is 4.79 Å². The van der Waals surface area contributed by atoms with E-state index in [-0.39, 0.29) is 11.9 Å². The van der Waals surface area contributed by atoms with Crippen molar-refractivity contribution in [3.63, 3.8) is 0 Å². The van der Waals surface area contributed by atoms with E-state index in [1.165, 1.54) is 5.56 Å². The van der Waals surface area contributed by atoms with Gasteiger partial charge in [-0.3, -0.25) is 10.2 Å². The average Bonchev–Trinajstić information content (AvgIpc) is 3.13. The highest BCUT2D eigenvalue weighted by atomic mass is 35.5. The second-order valence-corrected chi connectivity index (χ2v) is 7.62. The Bertz CT molecular complexity index is 801. The summed E-state index contributed by atoms with van der Waals surface area (Å²) in [6.07, 6.45) is 0.352. The predicted molar refractivity (Wildman–Crippen MR) is 105 cm³/mol. The van der Waals surface area contributed by atoms with Crippen molar-refractivity contribution < 1.29 is 9.53 Å². The summed E-state index contributed by atoms with van der Waals surface area (Å²) in [5.41, 5.74) is 8.06. The van der Waals surface area contributed by atoms with Gasteiger partial charge in [0.05, 0.1) is 11.1 Å². The van der Waals surface area contributed by atoms with Crippen LogP contribution in [0.1, 0.15) is 24.9 Å². The van der Waals surface area contributed by atoms with Gasteiger partial charge in [-0.25, -0.2) is 5.43 Å². The summed E-state index contributed by atoms with van der Waals surface area (Å²) in [5, 5.41) is 0.518. The Morgan fingerprint density at radius 3 is 2.67 bits per heavy atom. The molecule has 1 amide bonds. The lowest BCUT2D eigenvalue weighted by Gasteiger charge is -2.37. The van der Waals surface area contributed by atoms with Gasteiger partial charge < -0.3 is 9.64 Å². The van der Waals surface area contributed by atoms with Gasteiger partial charge in [0, 0.05) is 25.0 Å². The highest BCUT2D eigenvalue weighted by Gasteiger charge is 2.42. The molecule has 2 aromatic carbocycles. The lowest BCUT2D eigenvalue weighted by Crippen LogP contribution is -2.51. The SMILES string of the molecule is CC(Oc1ccccc1Cl)C(=O)N1CCC2NNC(c3ccccc3)C2C1. The summed E-state index contributed by atoms with van der Waals surface area (Å²) in [4.78, 5) is 14.9. The number of hydrazine groups is 1. The first-order chi connectivity index (χ1) is 13.1. The first-order valence-electron chi connectivity index (χ1n) is 9.39. The van der Waals surface area contributed by atoms with Gasteiger partial charge in [0.2, 0.25) is 0 Å². The monoisotopic (exact) mass is 385 g/mol. The van der Waals surface area contributed by atoms with Crippen molar-refractivity contribution in [2.75, 3.05) is 13.1 Å². The van der Waals surface area contributed by atoms with Gasteiger partial charge in [0.25, 0.3) is 5.91 Å². The van der Waals surface area contributed by atoms with Crippen LogP contribution in [0.25, 0.3) is 0 Å². The van der Waals surface area contributed by atoms with E-state index in [1.807, 2.05) is 23.1 Å². The largest absolute Gasteiger partial charge is 0.479 e. The van der Waals surface area contributed by atoms with Gasteiger partial charge in [0.15, 0.2) is 6.10 Å². The number of halogens is 1. The van der Waals surface area contributed by atoms with Crippen molar-refractivity contribution >= 4 is 17.5 Å². The number of amides is 1. The van der Waals surface area contributed by atoms with E-state index in [0.717, 1.165) is 13.0 Å². The van der Waals surface area contributed by atoms with Gasteiger partial charge in [-0.15, -0.1) is 0 Å². The third kappa shape index (κ3) is 3.81. The van der Waals surface area contributed by atoms with Crippen molar-refractivity contribution in [2.45, 2.75) is 31.5 Å². The van der Waals surface area contributed by atoms with Crippen molar-refractivity contribution in [3.05, 3.63) is 65.2 Å². The first-order valence-corrected chi connectivity index (χ1v) is 9.77. The number of fused-ring (bicyclic) bond motifs is 1. The van der Waals surface area contributed by atoms with Crippen LogP contribution in [-0.4, -0.2) is 36.0 Å². The molecule has 4 unspecified atom stereocenters. The Morgan fingerprint density at radius 1 is 1.15 bits per heavy atom. The zero-order chi connectivity index (χ0) is 18.8. The van der Waals surface area contributed by atoms with Crippen LogP contribution in [0.15, 0.2) is 54.6 Å². The van der Waals surface area contributed by atoms with Gasteiger partial charge in [-0.1, -0.05) is 54.1 Å². The minimum atomic E-state index is -0.570. The highest BCUT2D eigenvalue weighted by Crippen LogP contribution is 2.34. The van der Waals surface area contributed by atoms with Gasteiger partial charge in [-0.05, 0) is 31.0 Å². The fourth-order valence-corrected chi connectivity index (χ4v) is 4.21. The van der Waals surface area contributed by atoms with Crippen LogP contribution < -0.4 is 15.6 Å². The molecule has 2 aliphatic heterocycles. The quantitative estimate of drug-likeness (QED) is 0.848. The summed E-state index contributed by atoms with van der Waals surface area (Å²) in [6, 6.07) is 18.2. The van der Waals surface area contributed by atoms with E-state index in [1.54, 1.807) is 19.1 Å². The fraction of sp³-hybridized carbons (Fsp3) is 0.381. The molecule has 0 spiro atoms. The van der Waals surface area contributed by atoms with Gasteiger partial charge >= 0.3 is 0 Å². The molecular formula is C21H24ClN3O2. The molecule has 2 aliphatic rings. The summed E-state index contributed by atoms with van der Waals surface area (Å²) in [7, 11) is 0. The molecule has 0 radical (unpaired) electrons. The molecule has 2 heterocycles. The van der Waals surface area contributed by atoms with Crippen LogP contribution in [0.5, 0.6) is 5.75 Å². The molecule has 4 atom stereocenters. The summed E-state index contributed by atoms with van der Waals surface area (Å²) < 4.78 is 5.83. The summed E-state index contributed by atoms with van der Waals surface area (Å²) in [5.74, 6) is 0.881. The average molecular weight is 386 g/mol. The van der Waals surface area contributed by atoms with Crippen molar-refractivity contribution in [1.82, 2.24) is 15.8 Å². The third-order valence-corrected chi connectivity index (χ3v) is 5.78. The molecule has 5 nitrogen and oxygen atoms in total. The number of carbonyl (C=O) groups excluding carboxylic acids is 1. The number of hydrogen-bond donors (Lipinski definition) is 2. The number of rotatable bonds is 4. The number of para-hydroxylation sites is 1. The highest BCUT2D eigenvalue weighted by molar-refractivity contribution is 6.32. The fourth-order valence-electron chi connectivity index (χ4n) is 4.03. The lowest BCUT2D eigenvalue weighted by atomic mass is 9.85. The third-order valence-electron chi connectivity index (χ3n) is 5.47. The maximum atomic E-state index is 13.0. The Balaban J connectivity index is 1.44. The molecule has 0 aliphatic carbocycles. The zero-order valence-corrected chi connectivity index (χ0v) is 16.0. The number of ether oxygens (including phenoxy) is 1. The zero-order valence-electron chi connectivity index (χ0n) is 15.3. The van der Waals surface area contributed by atoms with E-state index in [4.69, 9.17) is 16.3 Å². The van der Waals surface area contributed by atoms with Crippen LogP contribution >= 0.6 is 11.6 Å². The summed E-state index contributed by atoms with van der Waals surface area (Å²) in [6.45, 7) is 3.23. The van der Waals surface area contributed by atoms with E-state index in [2.05, 4.69) is 35.1 Å². The number of benzene rings is 2. The number of likely N-dealkylation sites (tertiary alicyclic amines) is 1. The molecule has 0 saturated carbocycles. The van der Waals surface area contributed by atoms with Crippen molar-refractivity contribution in [2.24, 2.45) is 5.92 Å². The van der Waals surface area contributed by atoms with E-state index in [0.29, 0.717) is 29.3 Å². The smallest absolute Gasteiger partial charge is 0.263 e. The minimum absolute atomic E-state index is 0.00656. The van der Waals surface area contributed by atoms with Crippen LogP contribution in [0.3, 0.4) is 0 Å². The Labute approximate surface area is 164 Å². The molecule has 2 N–H and O–H groups in total. The Kier molecular flexibility index (Phi) is 5.34. The Morgan fingerprint density at radius 2 is 1.89 bits per heavy atom. The van der Waals surface area contributed by atoms with Crippen LogP contribution in [0.2, 0.25) is 5.02 Å². The molecule has 0 bridgehead atoms. The maximum absolute atomic E-state index is 13.0. The molecular weight excluding hydrogens is 362 g/mol. The molecule has 0 aromatic heterocycles. The summed E-state index contributed by atoms with van der Waals surface area (Å²) >= 11 is 6.15. The molecule has 2 fully saturated rings. The molecule has 142 valence electrons. The number of carbonyl (C=O) groups is 1. The lowest BCUT2D eigenvalue weighted by molar-refractivity contribution is -0.140. The Hall–Kier alpha value is -2.08. The number of hydrogen-bond acceptors (Lipinski definition) is 4. The normalized spacial score (nSPS) is 25.7. The van der Waals surface area contributed by atoms with Crippen molar-refractivity contribution in [3.8, 4) is 5.75 Å². The second kappa shape index (κ2) is 7.89. The second-order valence-electron chi connectivity index (χ2n) is 7.21.